The van der Waals surface area contributed by atoms with E-state index in [-0.39, 0.29) is 5.56 Å². The minimum atomic E-state index is -0.998. The van der Waals surface area contributed by atoms with Gasteiger partial charge in [-0.2, -0.15) is 0 Å². The Labute approximate surface area is 97.7 Å². The van der Waals surface area contributed by atoms with E-state index in [1.165, 1.54) is 12.3 Å². The highest BCUT2D eigenvalue weighted by Crippen LogP contribution is 2.14. The average molecular weight is 235 g/mol. The van der Waals surface area contributed by atoms with E-state index in [1.807, 2.05) is 6.92 Å². The molecule has 0 aromatic carbocycles. The van der Waals surface area contributed by atoms with Crippen LogP contribution in [0.25, 0.3) is 11.2 Å². The lowest BCUT2D eigenvalue weighted by Gasteiger charge is -1.97. The van der Waals surface area contributed by atoms with Crippen molar-refractivity contribution in [1.29, 1.82) is 0 Å². The van der Waals surface area contributed by atoms with Crippen LogP contribution in [0.1, 0.15) is 29.5 Å². The lowest BCUT2D eigenvalue weighted by molar-refractivity contribution is 0.0698. The number of carbonyl (C=O) groups is 1. The third kappa shape index (κ3) is 2.42. The van der Waals surface area contributed by atoms with Gasteiger partial charge in [0.05, 0.1) is 11.1 Å². The van der Waals surface area contributed by atoms with Gasteiger partial charge in [0.1, 0.15) is 12.4 Å². The summed E-state index contributed by atoms with van der Waals surface area (Å²) < 4.78 is 5.33. The Hall–Kier alpha value is -1.95. The second-order valence-electron chi connectivity index (χ2n) is 3.60. The van der Waals surface area contributed by atoms with Crippen molar-refractivity contribution in [3.05, 3.63) is 23.7 Å². The largest absolute Gasteiger partial charge is 0.478 e. The number of imidazole rings is 1. The van der Waals surface area contributed by atoms with Gasteiger partial charge in [0, 0.05) is 12.8 Å². The Balaban J connectivity index is 2.30. The average Bonchev–Trinajstić information content (AvgIpc) is 2.71. The van der Waals surface area contributed by atoms with Crippen LogP contribution in [0.4, 0.5) is 0 Å². The number of fused-ring (bicyclic) bond motifs is 1. The number of pyridine rings is 1. The molecule has 6 heteroatoms. The summed E-state index contributed by atoms with van der Waals surface area (Å²) in [5.74, 6) is -0.406. The Kier molecular flexibility index (Phi) is 3.34. The van der Waals surface area contributed by atoms with Gasteiger partial charge in [0.25, 0.3) is 0 Å². The summed E-state index contributed by atoms with van der Waals surface area (Å²) in [6, 6.07) is 1.44. The molecule has 0 radical (unpaired) electrons. The lowest BCUT2D eigenvalue weighted by Crippen LogP contribution is -1.98. The fraction of sp³-hybridized carbons (Fsp3) is 0.364. The first-order chi connectivity index (χ1) is 8.22. The third-order valence-electron chi connectivity index (χ3n) is 2.26. The highest BCUT2D eigenvalue weighted by atomic mass is 16.5. The molecule has 2 aromatic heterocycles. The first-order valence-corrected chi connectivity index (χ1v) is 5.37. The van der Waals surface area contributed by atoms with Crippen molar-refractivity contribution < 1.29 is 14.6 Å². The maximum absolute atomic E-state index is 11.0. The molecule has 17 heavy (non-hydrogen) atoms. The van der Waals surface area contributed by atoms with Crippen molar-refractivity contribution in [2.75, 3.05) is 6.61 Å². The number of H-pyrrole nitrogens is 1. The van der Waals surface area contributed by atoms with Crippen LogP contribution in [0.3, 0.4) is 0 Å². The molecule has 2 N–H and O–H groups in total. The molecule has 0 aliphatic carbocycles. The Morgan fingerprint density at radius 3 is 3.12 bits per heavy atom. The summed E-state index contributed by atoms with van der Waals surface area (Å²) in [7, 11) is 0. The van der Waals surface area contributed by atoms with E-state index in [2.05, 4.69) is 15.0 Å². The van der Waals surface area contributed by atoms with Gasteiger partial charge in [0.15, 0.2) is 5.65 Å². The third-order valence-corrected chi connectivity index (χ3v) is 2.26. The number of carboxylic acids is 1. The number of aromatic carboxylic acids is 1. The van der Waals surface area contributed by atoms with E-state index in [4.69, 9.17) is 9.84 Å². The Bertz CT molecular complexity index is 536. The minimum absolute atomic E-state index is 0.171. The number of hydrogen-bond donors (Lipinski definition) is 2. The fourth-order valence-electron chi connectivity index (χ4n) is 1.52. The topological polar surface area (TPSA) is 88.1 Å². The van der Waals surface area contributed by atoms with Gasteiger partial charge in [-0.25, -0.2) is 14.8 Å². The van der Waals surface area contributed by atoms with Gasteiger partial charge < -0.3 is 14.8 Å². The van der Waals surface area contributed by atoms with Crippen LogP contribution in [0.5, 0.6) is 0 Å². The summed E-state index contributed by atoms with van der Waals surface area (Å²) in [5, 5.41) is 9.00. The van der Waals surface area contributed by atoms with E-state index in [0.717, 1.165) is 6.42 Å². The Morgan fingerprint density at radius 1 is 1.59 bits per heavy atom. The number of aromatic amines is 1. The van der Waals surface area contributed by atoms with E-state index >= 15 is 0 Å². The summed E-state index contributed by atoms with van der Waals surface area (Å²) in [5.41, 5.74) is 1.01. The zero-order valence-corrected chi connectivity index (χ0v) is 9.43. The molecular formula is C11H13N3O3. The monoisotopic (exact) mass is 235 g/mol. The molecule has 0 aliphatic rings. The SMILES string of the molecule is CCCOCc1nc2nccc(C(=O)O)c2[nH]1. The van der Waals surface area contributed by atoms with Crippen molar-refractivity contribution in [2.45, 2.75) is 20.0 Å². The second-order valence-corrected chi connectivity index (χ2v) is 3.60. The van der Waals surface area contributed by atoms with E-state index in [1.54, 1.807) is 0 Å². The summed E-state index contributed by atoms with van der Waals surface area (Å²) >= 11 is 0. The van der Waals surface area contributed by atoms with Crippen molar-refractivity contribution in [3.8, 4) is 0 Å². The van der Waals surface area contributed by atoms with Crippen LogP contribution < -0.4 is 0 Å². The van der Waals surface area contributed by atoms with Crippen molar-refractivity contribution in [3.63, 3.8) is 0 Å². The lowest BCUT2D eigenvalue weighted by atomic mass is 10.2. The van der Waals surface area contributed by atoms with Gasteiger partial charge in [-0.1, -0.05) is 6.92 Å². The van der Waals surface area contributed by atoms with Crippen molar-refractivity contribution in [2.24, 2.45) is 0 Å². The quantitative estimate of drug-likeness (QED) is 0.768. The molecule has 0 saturated heterocycles. The molecule has 0 aliphatic heterocycles. The van der Waals surface area contributed by atoms with Gasteiger partial charge >= 0.3 is 5.97 Å². The molecule has 0 atom stereocenters. The minimum Gasteiger partial charge on any atom is -0.478 e. The second kappa shape index (κ2) is 4.92. The van der Waals surface area contributed by atoms with E-state index in [9.17, 15) is 4.79 Å². The first kappa shape index (κ1) is 11.5. The number of nitrogens with one attached hydrogen (secondary N) is 1. The molecular weight excluding hydrogens is 222 g/mol. The predicted octanol–water partition coefficient (Wildman–Crippen LogP) is 1.58. The predicted molar refractivity (Wildman–Crippen MR) is 60.8 cm³/mol. The summed E-state index contributed by atoms with van der Waals surface area (Å²) in [6.45, 7) is 3.00. The molecule has 0 unspecified atom stereocenters. The number of ether oxygens (including phenoxy) is 1. The zero-order valence-electron chi connectivity index (χ0n) is 9.43. The summed E-state index contributed by atoms with van der Waals surface area (Å²) in [4.78, 5) is 22.1. The number of carboxylic acid groups (broad SMARTS) is 1. The highest BCUT2D eigenvalue weighted by molar-refractivity contribution is 5.99. The molecule has 0 amide bonds. The normalized spacial score (nSPS) is 10.9. The van der Waals surface area contributed by atoms with Gasteiger partial charge in [-0.15, -0.1) is 0 Å². The summed E-state index contributed by atoms with van der Waals surface area (Å²) in [6.07, 6.45) is 2.36. The number of rotatable bonds is 5. The molecule has 0 spiro atoms. The van der Waals surface area contributed by atoms with E-state index in [0.29, 0.717) is 30.2 Å². The zero-order chi connectivity index (χ0) is 12.3. The van der Waals surface area contributed by atoms with Crippen molar-refractivity contribution in [1.82, 2.24) is 15.0 Å². The fourth-order valence-corrected chi connectivity index (χ4v) is 1.52. The molecule has 90 valence electrons. The number of aromatic nitrogens is 3. The molecule has 0 fully saturated rings. The number of nitrogens with zero attached hydrogens (tertiary/aromatic N) is 2. The molecule has 2 heterocycles. The maximum Gasteiger partial charge on any atom is 0.338 e. The van der Waals surface area contributed by atoms with Gasteiger partial charge in [0.2, 0.25) is 0 Å². The molecule has 6 nitrogen and oxygen atoms in total. The first-order valence-electron chi connectivity index (χ1n) is 5.37. The van der Waals surface area contributed by atoms with Crippen LogP contribution in [-0.4, -0.2) is 32.6 Å². The van der Waals surface area contributed by atoms with Crippen LogP contribution in [0.2, 0.25) is 0 Å². The van der Waals surface area contributed by atoms with Crippen LogP contribution in [0, 0.1) is 0 Å². The highest BCUT2D eigenvalue weighted by Gasteiger charge is 2.12. The molecule has 2 rings (SSSR count). The molecule has 0 bridgehead atoms. The molecule has 2 aromatic rings. The van der Waals surface area contributed by atoms with E-state index < -0.39 is 5.97 Å². The van der Waals surface area contributed by atoms with Gasteiger partial charge in [-0.3, -0.25) is 0 Å². The standard InChI is InChI=1S/C11H13N3O3/c1-2-5-17-6-8-13-9-7(11(15)16)3-4-12-10(9)14-8/h3-4H,2,5-6H2,1H3,(H,15,16)(H,12,13,14). The molecule has 0 saturated carbocycles. The van der Waals surface area contributed by atoms with Gasteiger partial charge in [-0.05, 0) is 12.5 Å². The maximum atomic E-state index is 11.0. The van der Waals surface area contributed by atoms with Crippen LogP contribution >= 0.6 is 0 Å². The smallest absolute Gasteiger partial charge is 0.338 e. The van der Waals surface area contributed by atoms with Crippen LogP contribution in [0.15, 0.2) is 12.3 Å². The Morgan fingerprint density at radius 2 is 2.41 bits per heavy atom. The van der Waals surface area contributed by atoms with Crippen LogP contribution in [-0.2, 0) is 11.3 Å². The number of hydrogen-bond acceptors (Lipinski definition) is 4. The van der Waals surface area contributed by atoms with Crippen molar-refractivity contribution >= 4 is 17.1 Å².